The molecule has 7 heteroatoms. The number of thiazole rings is 1. The second-order valence-corrected chi connectivity index (χ2v) is 6.30. The summed E-state index contributed by atoms with van der Waals surface area (Å²) >= 11 is 1.24. The van der Waals surface area contributed by atoms with Crippen molar-refractivity contribution in [2.75, 3.05) is 11.3 Å². The molecule has 0 fully saturated rings. The molecule has 0 aliphatic heterocycles. The molecule has 0 radical (unpaired) electrons. The van der Waals surface area contributed by atoms with Crippen LogP contribution in [-0.2, 0) is 21.4 Å². The van der Waals surface area contributed by atoms with E-state index in [-0.39, 0.29) is 4.90 Å². The van der Waals surface area contributed by atoms with Crippen molar-refractivity contribution in [3.05, 3.63) is 41.4 Å². The molecule has 0 atom stereocenters. The zero-order chi connectivity index (χ0) is 13.7. The van der Waals surface area contributed by atoms with E-state index in [1.165, 1.54) is 11.3 Å². The van der Waals surface area contributed by atoms with E-state index in [9.17, 15) is 8.42 Å². The monoisotopic (exact) mass is 298 g/mol. The summed E-state index contributed by atoms with van der Waals surface area (Å²) in [5.74, 6) is 0. The van der Waals surface area contributed by atoms with Gasteiger partial charge in [0.1, 0.15) is 0 Å². The Morgan fingerprint density at radius 2 is 2.26 bits per heavy atom. The molecule has 2 rings (SSSR count). The fourth-order valence-electron chi connectivity index (χ4n) is 1.47. The van der Waals surface area contributed by atoms with Crippen molar-refractivity contribution in [3.63, 3.8) is 0 Å². The molecule has 19 heavy (non-hydrogen) atoms. The van der Waals surface area contributed by atoms with Crippen LogP contribution in [-0.4, -0.2) is 20.0 Å². The van der Waals surface area contributed by atoms with Crippen LogP contribution in [0.5, 0.6) is 0 Å². The minimum absolute atomic E-state index is 0.208. The molecule has 102 valence electrons. The standard InChI is InChI=1S/C12H14N2O3S2/c1-2-17-9-10-4-3-5-11(8-10)19(15,16)14-12-13-6-7-18-12/h3-8H,2,9H2,1H3,(H,13,14). The number of anilines is 1. The molecular formula is C12H14N2O3S2. The normalized spacial score (nSPS) is 11.4. The van der Waals surface area contributed by atoms with Crippen molar-refractivity contribution in [1.29, 1.82) is 0 Å². The number of aromatic nitrogens is 1. The van der Waals surface area contributed by atoms with Gasteiger partial charge < -0.3 is 4.74 Å². The molecule has 0 amide bonds. The largest absolute Gasteiger partial charge is 0.377 e. The number of sulfonamides is 1. The highest BCUT2D eigenvalue weighted by Crippen LogP contribution is 2.18. The summed E-state index contributed by atoms with van der Waals surface area (Å²) in [6.07, 6.45) is 1.55. The molecule has 0 saturated heterocycles. The quantitative estimate of drug-likeness (QED) is 0.889. The Labute approximate surface area is 116 Å². The van der Waals surface area contributed by atoms with Crippen LogP contribution < -0.4 is 4.72 Å². The Morgan fingerprint density at radius 1 is 1.42 bits per heavy atom. The van der Waals surface area contributed by atoms with Crippen LogP contribution in [0.3, 0.4) is 0 Å². The highest BCUT2D eigenvalue weighted by Gasteiger charge is 2.15. The highest BCUT2D eigenvalue weighted by molar-refractivity contribution is 7.93. The SMILES string of the molecule is CCOCc1cccc(S(=O)(=O)Nc2nccs2)c1. The van der Waals surface area contributed by atoms with E-state index in [1.807, 2.05) is 13.0 Å². The van der Waals surface area contributed by atoms with Crippen LogP contribution in [0.15, 0.2) is 40.7 Å². The summed E-state index contributed by atoms with van der Waals surface area (Å²) < 4.78 is 32.0. The van der Waals surface area contributed by atoms with Crippen LogP contribution in [0.1, 0.15) is 12.5 Å². The van der Waals surface area contributed by atoms with Crippen LogP contribution in [0.4, 0.5) is 5.13 Å². The van der Waals surface area contributed by atoms with Gasteiger partial charge in [0.25, 0.3) is 10.0 Å². The lowest BCUT2D eigenvalue weighted by Crippen LogP contribution is -2.13. The summed E-state index contributed by atoms with van der Waals surface area (Å²) in [4.78, 5) is 4.11. The van der Waals surface area contributed by atoms with E-state index in [1.54, 1.807) is 29.8 Å². The number of hydrogen-bond acceptors (Lipinski definition) is 5. The number of benzene rings is 1. The minimum Gasteiger partial charge on any atom is -0.377 e. The second-order valence-electron chi connectivity index (χ2n) is 3.73. The van der Waals surface area contributed by atoms with Crippen molar-refractivity contribution >= 4 is 26.5 Å². The average molecular weight is 298 g/mol. The Hall–Kier alpha value is -1.44. The van der Waals surface area contributed by atoms with Gasteiger partial charge in [-0.1, -0.05) is 12.1 Å². The van der Waals surface area contributed by atoms with Gasteiger partial charge in [-0.15, -0.1) is 11.3 Å². The van der Waals surface area contributed by atoms with E-state index in [4.69, 9.17) is 4.74 Å². The van der Waals surface area contributed by atoms with Gasteiger partial charge in [0, 0.05) is 18.2 Å². The lowest BCUT2D eigenvalue weighted by atomic mass is 10.2. The van der Waals surface area contributed by atoms with Gasteiger partial charge in [0.05, 0.1) is 11.5 Å². The van der Waals surface area contributed by atoms with Gasteiger partial charge in [-0.2, -0.15) is 0 Å². The van der Waals surface area contributed by atoms with E-state index >= 15 is 0 Å². The molecule has 0 spiro atoms. The molecule has 0 unspecified atom stereocenters. The summed E-state index contributed by atoms with van der Waals surface area (Å²) in [6, 6.07) is 6.68. The first kappa shape index (κ1) is 14.0. The third-order valence-electron chi connectivity index (χ3n) is 2.34. The van der Waals surface area contributed by atoms with Gasteiger partial charge in [0.2, 0.25) is 0 Å². The maximum Gasteiger partial charge on any atom is 0.263 e. The summed E-state index contributed by atoms with van der Waals surface area (Å²) in [6.45, 7) is 2.88. The van der Waals surface area contributed by atoms with Crippen molar-refractivity contribution < 1.29 is 13.2 Å². The lowest BCUT2D eigenvalue weighted by molar-refractivity contribution is 0.134. The fourth-order valence-corrected chi connectivity index (χ4v) is 3.33. The van der Waals surface area contributed by atoms with Crippen LogP contribution >= 0.6 is 11.3 Å². The maximum atomic E-state index is 12.1. The van der Waals surface area contributed by atoms with Gasteiger partial charge >= 0.3 is 0 Å². The second kappa shape index (κ2) is 6.14. The van der Waals surface area contributed by atoms with Crippen molar-refractivity contribution in [1.82, 2.24) is 4.98 Å². The Balaban J connectivity index is 2.20. The summed E-state index contributed by atoms with van der Waals surface area (Å²) in [5, 5.41) is 2.07. The molecule has 2 aromatic rings. The first-order valence-electron chi connectivity index (χ1n) is 5.71. The predicted molar refractivity (Wildman–Crippen MR) is 74.7 cm³/mol. The lowest BCUT2D eigenvalue weighted by Gasteiger charge is -2.07. The molecule has 1 aromatic heterocycles. The van der Waals surface area contributed by atoms with E-state index in [0.717, 1.165) is 5.56 Å². The number of hydrogen-bond donors (Lipinski definition) is 1. The summed E-state index contributed by atoms with van der Waals surface area (Å²) in [7, 11) is -3.59. The highest BCUT2D eigenvalue weighted by atomic mass is 32.2. The molecule has 1 heterocycles. The molecule has 1 N–H and O–H groups in total. The Morgan fingerprint density at radius 3 is 2.95 bits per heavy atom. The van der Waals surface area contributed by atoms with Crippen molar-refractivity contribution in [3.8, 4) is 0 Å². The van der Waals surface area contributed by atoms with E-state index in [2.05, 4.69) is 9.71 Å². The smallest absolute Gasteiger partial charge is 0.263 e. The zero-order valence-electron chi connectivity index (χ0n) is 10.4. The number of nitrogens with zero attached hydrogens (tertiary/aromatic N) is 1. The molecule has 5 nitrogen and oxygen atoms in total. The Kier molecular flexibility index (Phi) is 4.52. The maximum absolute atomic E-state index is 12.1. The zero-order valence-corrected chi connectivity index (χ0v) is 12.0. The van der Waals surface area contributed by atoms with E-state index < -0.39 is 10.0 Å². The van der Waals surface area contributed by atoms with Crippen LogP contribution in [0.2, 0.25) is 0 Å². The number of nitrogens with one attached hydrogen (secondary N) is 1. The van der Waals surface area contributed by atoms with Crippen molar-refractivity contribution in [2.24, 2.45) is 0 Å². The molecule has 0 bridgehead atoms. The van der Waals surface area contributed by atoms with Gasteiger partial charge in [-0.3, -0.25) is 4.72 Å². The molecule has 0 aliphatic rings. The summed E-state index contributed by atoms with van der Waals surface area (Å²) in [5.41, 5.74) is 0.823. The van der Waals surface area contributed by atoms with Gasteiger partial charge in [0.15, 0.2) is 5.13 Å². The first-order chi connectivity index (χ1) is 9.12. The van der Waals surface area contributed by atoms with Crippen LogP contribution in [0, 0.1) is 0 Å². The molecule has 0 aliphatic carbocycles. The van der Waals surface area contributed by atoms with Crippen LogP contribution in [0.25, 0.3) is 0 Å². The molecular weight excluding hydrogens is 284 g/mol. The predicted octanol–water partition coefficient (Wildman–Crippen LogP) is 2.48. The number of rotatable bonds is 6. The van der Waals surface area contributed by atoms with E-state index in [0.29, 0.717) is 18.3 Å². The molecule has 1 aromatic carbocycles. The average Bonchev–Trinajstić information content (AvgIpc) is 2.89. The number of ether oxygens (including phenoxy) is 1. The molecule has 0 saturated carbocycles. The topological polar surface area (TPSA) is 68.3 Å². The third-order valence-corrected chi connectivity index (χ3v) is 4.49. The third kappa shape index (κ3) is 3.76. The van der Waals surface area contributed by atoms with Gasteiger partial charge in [-0.05, 0) is 24.6 Å². The first-order valence-corrected chi connectivity index (χ1v) is 8.07. The van der Waals surface area contributed by atoms with Gasteiger partial charge in [-0.25, -0.2) is 13.4 Å². The minimum atomic E-state index is -3.59. The Bertz CT molecular complexity index is 624. The van der Waals surface area contributed by atoms with Crippen molar-refractivity contribution in [2.45, 2.75) is 18.4 Å². The fraction of sp³-hybridized carbons (Fsp3) is 0.250.